The number of carbonyl (C=O) groups excluding carboxylic acids is 1. The van der Waals surface area contributed by atoms with Gasteiger partial charge in [0.1, 0.15) is 0 Å². The van der Waals surface area contributed by atoms with Crippen molar-refractivity contribution in [2.24, 2.45) is 0 Å². The fourth-order valence-corrected chi connectivity index (χ4v) is 5.44. The van der Waals surface area contributed by atoms with E-state index < -0.39 is 9.84 Å². The molecule has 0 bridgehead atoms. The Morgan fingerprint density at radius 2 is 1.69 bits per heavy atom. The van der Waals surface area contributed by atoms with Crippen molar-refractivity contribution in [3.05, 3.63) is 54.6 Å². The van der Waals surface area contributed by atoms with Gasteiger partial charge in [-0.2, -0.15) is 0 Å². The number of anilines is 2. The van der Waals surface area contributed by atoms with Crippen molar-refractivity contribution in [3.8, 4) is 0 Å². The zero-order chi connectivity index (χ0) is 20.9. The molecular weight excluding hydrogens is 386 g/mol. The number of benzene rings is 2. The number of hydrogen-bond donors (Lipinski definition) is 2. The maximum atomic E-state index is 12.6. The Balaban J connectivity index is 1.51. The molecule has 7 heteroatoms. The molecule has 156 valence electrons. The number of sulfone groups is 1. The van der Waals surface area contributed by atoms with Crippen molar-refractivity contribution in [1.82, 2.24) is 5.32 Å². The molecule has 1 unspecified atom stereocenters. The molecule has 2 N–H and O–H groups in total. The molecule has 6 nitrogen and oxygen atoms in total. The highest BCUT2D eigenvalue weighted by molar-refractivity contribution is 7.92. The van der Waals surface area contributed by atoms with Crippen molar-refractivity contribution in [1.29, 1.82) is 0 Å². The third-order valence-electron chi connectivity index (χ3n) is 5.56. The van der Waals surface area contributed by atoms with E-state index in [1.54, 1.807) is 24.3 Å². The lowest BCUT2D eigenvalue weighted by molar-refractivity contribution is 0.251. The number of para-hydroxylation sites is 1. The standard InChI is InChI=1S/C22H29N3O3S/c1-17(25(2)19-8-4-3-5-9-19)16-23-22(26)24-18-12-14-21(15-13-18)29(27,28)20-10-6-7-11-20/h3-5,8-9,12-15,17,20H,6-7,10-11,16H2,1-2H3,(H2,23,24,26). The van der Waals surface area contributed by atoms with Crippen LogP contribution in [0.2, 0.25) is 0 Å². The van der Waals surface area contributed by atoms with E-state index in [2.05, 4.69) is 15.5 Å². The molecule has 0 aromatic heterocycles. The van der Waals surface area contributed by atoms with Gasteiger partial charge in [-0.15, -0.1) is 0 Å². The molecule has 0 heterocycles. The van der Waals surface area contributed by atoms with Gasteiger partial charge in [0.05, 0.1) is 10.1 Å². The number of nitrogens with one attached hydrogen (secondary N) is 2. The molecule has 2 aromatic rings. The first kappa shape index (κ1) is 21.2. The van der Waals surface area contributed by atoms with Gasteiger partial charge >= 0.3 is 6.03 Å². The summed E-state index contributed by atoms with van der Waals surface area (Å²) in [4.78, 5) is 14.6. The Kier molecular flexibility index (Phi) is 6.79. The van der Waals surface area contributed by atoms with E-state index in [1.165, 1.54) is 0 Å². The largest absolute Gasteiger partial charge is 0.370 e. The van der Waals surface area contributed by atoms with Crippen LogP contribution < -0.4 is 15.5 Å². The Labute approximate surface area is 173 Å². The van der Waals surface area contributed by atoms with E-state index in [4.69, 9.17) is 0 Å². The summed E-state index contributed by atoms with van der Waals surface area (Å²) in [5.41, 5.74) is 1.65. The molecule has 0 aliphatic heterocycles. The van der Waals surface area contributed by atoms with Gasteiger partial charge in [-0.3, -0.25) is 0 Å². The molecule has 0 spiro atoms. The highest BCUT2D eigenvalue weighted by Gasteiger charge is 2.30. The third kappa shape index (κ3) is 5.29. The van der Waals surface area contributed by atoms with Gasteiger partial charge in [0.25, 0.3) is 0 Å². The lowest BCUT2D eigenvalue weighted by Crippen LogP contribution is -2.41. The monoisotopic (exact) mass is 415 g/mol. The SMILES string of the molecule is CC(CNC(=O)Nc1ccc(S(=O)(=O)C2CCCC2)cc1)N(C)c1ccccc1. The second kappa shape index (κ2) is 9.31. The number of nitrogens with zero attached hydrogens (tertiary/aromatic N) is 1. The molecule has 0 radical (unpaired) electrons. The maximum absolute atomic E-state index is 12.6. The van der Waals surface area contributed by atoms with Gasteiger partial charge < -0.3 is 15.5 Å². The van der Waals surface area contributed by atoms with Gasteiger partial charge in [0, 0.05) is 31.0 Å². The number of carbonyl (C=O) groups is 1. The summed E-state index contributed by atoms with van der Waals surface area (Å²) in [7, 11) is -1.29. The molecule has 0 saturated heterocycles. The summed E-state index contributed by atoms with van der Waals surface area (Å²) in [5, 5.41) is 5.35. The summed E-state index contributed by atoms with van der Waals surface area (Å²) < 4.78 is 25.2. The van der Waals surface area contributed by atoms with Crippen LogP contribution in [0.4, 0.5) is 16.2 Å². The number of urea groups is 1. The lowest BCUT2D eigenvalue weighted by Gasteiger charge is -2.27. The van der Waals surface area contributed by atoms with Crippen molar-refractivity contribution in [2.45, 2.75) is 48.8 Å². The second-order valence-corrected chi connectivity index (χ2v) is 9.83. The number of hydrogen-bond acceptors (Lipinski definition) is 4. The van der Waals surface area contributed by atoms with Crippen LogP contribution in [0.25, 0.3) is 0 Å². The summed E-state index contributed by atoms with van der Waals surface area (Å²) in [6.45, 7) is 2.52. The Bertz CT molecular complexity index is 908. The van der Waals surface area contributed by atoms with Gasteiger partial charge in [-0.1, -0.05) is 31.0 Å². The predicted octanol–water partition coefficient (Wildman–Crippen LogP) is 4.05. The van der Waals surface area contributed by atoms with Crippen molar-refractivity contribution < 1.29 is 13.2 Å². The molecule has 1 atom stereocenters. The molecule has 29 heavy (non-hydrogen) atoms. The number of likely N-dealkylation sites (N-methyl/N-ethyl adjacent to an activating group) is 1. The van der Waals surface area contributed by atoms with Crippen LogP contribution >= 0.6 is 0 Å². The van der Waals surface area contributed by atoms with Crippen LogP contribution in [-0.2, 0) is 9.84 Å². The molecule has 1 aliphatic carbocycles. The first-order valence-electron chi connectivity index (χ1n) is 10.0. The minimum Gasteiger partial charge on any atom is -0.370 e. The highest BCUT2D eigenvalue weighted by atomic mass is 32.2. The van der Waals surface area contributed by atoms with Gasteiger partial charge in [-0.05, 0) is 56.2 Å². The average Bonchev–Trinajstić information content (AvgIpc) is 3.28. The normalized spacial score (nSPS) is 15.7. The van der Waals surface area contributed by atoms with Gasteiger partial charge in [0.15, 0.2) is 9.84 Å². The Hall–Kier alpha value is -2.54. The maximum Gasteiger partial charge on any atom is 0.319 e. The lowest BCUT2D eigenvalue weighted by atomic mass is 10.2. The van der Waals surface area contributed by atoms with E-state index in [9.17, 15) is 13.2 Å². The summed E-state index contributed by atoms with van der Waals surface area (Å²) in [5.74, 6) is 0. The molecule has 1 saturated carbocycles. The van der Waals surface area contributed by atoms with E-state index in [1.807, 2.05) is 44.3 Å². The van der Waals surface area contributed by atoms with Crippen LogP contribution in [-0.4, -0.2) is 39.3 Å². The van der Waals surface area contributed by atoms with Crippen LogP contribution in [0.1, 0.15) is 32.6 Å². The van der Waals surface area contributed by atoms with Crippen LogP contribution in [0.5, 0.6) is 0 Å². The minimum atomic E-state index is -3.28. The molecular formula is C22H29N3O3S. The predicted molar refractivity (Wildman–Crippen MR) is 117 cm³/mol. The zero-order valence-corrected chi connectivity index (χ0v) is 17.8. The summed E-state index contributed by atoms with van der Waals surface area (Å²) in [6.07, 6.45) is 3.42. The topological polar surface area (TPSA) is 78.5 Å². The summed E-state index contributed by atoms with van der Waals surface area (Å²) in [6, 6.07) is 16.2. The van der Waals surface area contributed by atoms with E-state index >= 15 is 0 Å². The van der Waals surface area contributed by atoms with Gasteiger partial charge in [-0.25, -0.2) is 13.2 Å². The molecule has 3 rings (SSSR count). The van der Waals surface area contributed by atoms with E-state index in [-0.39, 0.29) is 17.3 Å². The fourth-order valence-electron chi connectivity index (χ4n) is 3.59. The van der Waals surface area contributed by atoms with Gasteiger partial charge in [0.2, 0.25) is 0 Å². The fraction of sp³-hybridized carbons (Fsp3) is 0.409. The summed E-state index contributed by atoms with van der Waals surface area (Å²) >= 11 is 0. The smallest absolute Gasteiger partial charge is 0.319 e. The Morgan fingerprint density at radius 3 is 2.31 bits per heavy atom. The third-order valence-corrected chi connectivity index (χ3v) is 7.84. The van der Waals surface area contributed by atoms with Crippen LogP contribution in [0, 0.1) is 0 Å². The second-order valence-electron chi connectivity index (χ2n) is 7.61. The number of rotatable bonds is 7. The minimum absolute atomic E-state index is 0.113. The molecule has 2 amide bonds. The Morgan fingerprint density at radius 1 is 1.07 bits per heavy atom. The first-order chi connectivity index (χ1) is 13.9. The van der Waals surface area contributed by atoms with Crippen molar-refractivity contribution in [3.63, 3.8) is 0 Å². The number of amides is 2. The van der Waals surface area contributed by atoms with E-state index in [0.29, 0.717) is 17.1 Å². The van der Waals surface area contributed by atoms with Crippen molar-refractivity contribution >= 4 is 27.2 Å². The highest BCUT2D eigenvalue weighted by Crippen LogP contribution is 2.30. The zero-order valence-electron chi connectivity index (χ0n) is 17.0. The van der Waals surface area contributed by atoms with Crippen LogP contribution in [0.3, 0.4) is 0 Å². The molecule has 1 fully saturated rings. The van der Waals surface area contributed by atoms with Crippen molar-refractivity contribution in [2.75, 3.05) is 23.8 Å². The molecule has 2 aromatic carbocycles. The average molecular weight is 416 g/mol. The molecule has 1 aliphatic rings. The van der Waals surface area contributed by atoms with Crippen LogP contribution in [0.15, 0.2) is 59.5 Å². The van der Waals surface area contributed by atoms with E-state index in [0.717, 1.165) is 31.4 Å². The quantitative estimate of drug-likeness (QED) is 0.715. The first-order valence-corrected chi connectivity index (χ1v) is 11.6.